The lowest BCUT2D eigenvalue weighted by molar-refractivity contribution is -0.235. The van der Waals surface area contributed by atoms with Crippen molar-refractivity contribution in [3.63, 3.8) is 0 Å². The predicted octanol–water partition coefficient (Wildman–Crippen LogP) is 14.7. The van der Waals surface area contributed by atoms with Crippen LogP contribution in [0.15, 0.2) is 149 Å². The van der Waals surface area contributed by atoms with Crippen molar-refractivity contribution >= 4 is 28.8 Å². The molecule has 2 spiro atoms. The molecule has 0 saturated heterocycles. The van der Waals surface area contributed by atoms with E-state index >= 15 is 0 Å². The van der Waals surface area contributed by atoms with Crippen LogP contribution in [0.1, 0.15) is 88.5 Å². The molecule has 0 radical (unpaired) electrons. The van der Waals surface area contributed by atoms with Crippen molar-refractivity contribution in [2.24, 2.45) is 29.1 Å². The minimum atomic E-state index is 0.132. The summed E-state index contributed by atoms with van der Waals surface area (Å²) in [5.41, 5.74) is 16.1. The van der Waals surface area contributed by atoms with Crippen LogP contribution in [0.3, 0.4) is 0 Å². The third-order valence-corrected chi connectivity index (χ3v) is 17.4. The van der Waals surface area contributed by atoms with E-state index in [-0.39, 0.29) is 16.2 Å². The lowest BCUT2D eigenvalue weighted by atomic mass is 9.26. The van der Waals surface area contributed by atoms with Gasteiger partial charge in [0, 0.05) is 32.3 Å². The van der Waals surface area contributed by atoms with Gasteiger partial charge in [-0.2, -0.15) is 0 Å². The molecule has 2 bridgehead atoms. The Morgan fingerprint density at radius 3 is 1.95 bits per heavy atom. The van der Waals surface area contributed by atoms with Crippen molar-refractivity contribution < 1.29 is 0 Å². The fourth-order valence-electron chi connectivity index (χ4n) is 13.7. The van der Waals surface area contributed by atoms with Crippen molar-refractivity contribution in [2.75, 3.05) is 4.90 Å². The van der Waals surface area contributed by atoms with Crippen LogP contribution in [0, 0.1) is 29.1 Å². The van der Waals surface area contributed by atoms with Crippen molar-refractivity contribution in [3.8, 4) is 22.3 Å². The molecule has 6 aromatic rings. The second-order valence-corrected chi connectivity index (χ2v) is 20.7. The lowest BCUT2D eigenvalue weighted by Crippen LogP contribution is -2.74. The number of hydrogen-bond donors (Lipinski definition) is 0. The van der Waals surface area contributed by atoms with E-state index in [1.807, 2.05) is 11.8 Å². The van der Waals surface area contributed by atoms with Crippen LogP contribution in [0.4, 0.5) is 17.1 Å². The lowest BCUT2D eigenvalue weighted by Gasteiger charge is -2.78. The smallest absolute Gasteiger partial charge is 0.0467 e. The quantitative estimate of drug-likeness (QED) is 0.173. The average Bonchev–Trinajstić information content (AvgIpc) is 3.76. The van der Waals surface area contributed by atoms with Gasteiger partial charge in [-0.25, -0.2) is 0 Å². The summed E-state index contributed by atoms with van der Waals surface area (Å²) in [7, 11) is 0. The summed E-state index contributed by atoms with van der Waals surface area (Å²) in [4.78, 5) is 5.51. The Kier molecular flexibility index (Phi) is 6.92. The third kappa shape index (κ3) is 4.40. The van der Waals surface area contributed by atoms with E-state index in [1.165, 1.54) is 98.8 Å². The Morgan fingerprint density at radius 1 is 0.482 bits per heavy atom. The molecule has 56 heavy (non-hydrogen) atoms. The molecule has 0 aromatic heterocycles. The molecule has 278 valence electrons. The molecule has 4 saturated carbocycles. The fraction of sp³-hybridized carbons (Fsp3) is 0.333. The first-order valence-corrected chi connectivity index (χ1v) is 22.1. The topological polar surface area (TPSA) is 3.24 Å². The molecular weight excluding hydrogens is 695 g/mol. The maximum Gasteiger partial charge on any atom is 0.0467 e. The SMILES string of the molecule is CC1(C)CCC(C)(C)c2cc(-c3cccc(N(c4ccc(-c5ccccc5)cc4)c4ccc5c(c4)C4(c6ccccc6S5)C5CC6CC7CC4C75C6)c3)ccc21. The summed E-state index contributed by atoms with van der Waals surface area (Å²) in [5.74, 6) is 3.45. The van der Waals surface area contributed by atoms with E-state index < -0.39 is 0 Å². The van der Waals surface area contributed by atoms with Crippen LogP contribution in [-0.2, 0) is 16.2 Å². The van der Waals surface area contributed by atoms with Crippen molar-refractivity contribution in [3.05, 3.63) is 162 Å². The Morgan fingerprint density at radius 2 is 1.12 bits per heavy atom. The van der Waals surface area contributed by atoms with Gasteiger partial charge in [0.25, 0.3) is 0 Å². The molecule has 1 heterocycles. The zero-order valence-electron chi connectivity index (χ0n) is 33.2. The Hall–Kier alpha value is -4.53. The van der Waals surface area contributed by atoms with E-state index in [9.17, 15) is 0 Å². The van der Waals surface area contributed by atoms with Gasteiger partial charge >= 0.3 is 0 Å². The van der Waals surface area contributed by atoms with Crippen LogP contribution >= 0.6 is 11.8 Å². The molecule has 1 nitrogen and oxygen atoms in total. The number of rotatable bonds is 5. The van der Waals surface area contributed by atoms with Crippen LogP contribution in [0.25, 0.3) is 22.3 Å². The van der Waals surface area contributed by atoms with Crippen LogP contribution in [0.5, 0.6) is 0 Å². The maximum absolute atomic E-state index is 2.64. The summed E-state index contributed by atoms with van der Waals surface area (Å²) < 4.78 is 0. The molecule has 6 unspecified atom stereocenters. The number of anilines is 3. The van der Waals surface area contributed by atoms with Gasteiger partial charge < -0.3 is 4.90 Å². The second kappa shape index (κ2) is 11.5. The molecule has 0 amide bonds. The Labute approximate surface area is 337 Å². The second-order valence-electron chi connectivity index (χ2n) is 19.7. The molecule has 2 heteroatoms. The average molecular weight is 746 g/mol. The van der Waals surface area contributed by atoms with Crippen LogP contribution in [-0.4, -0.2) is 0 Å². The summed E-state index contributed by atoms with van der Waals surface area (Å²) in [6.45, 7) is 9.72. The van der Waals surface area contributed by atoms with Crippen molar-refractivity contribution in [1.29, 1.82) is 0 Å². The number of nitrogens with zero attached hydrogens (tertiary/aromatic N) is 1. The molecular formula is C54H51NS. The number of benzene rings is 6. The van der Waals surface area contributed by atoms with E-state index in [0.717, 1.165) is 23.7 Å². The normalized spacial score (nSPS) is 29.0. The molecule has 0 N–H and O–H groups in total. The minimum absolute atomic E-state index is 0.132. The van der Waals surface area contributed by atoms with Gasteiger partial charge in [0.05, 0.1) is 0 Å². The molecule has 4 fully saturated rings. The number of hydrogen-bond acceptors (Lipinski definition) is 2. The van der Waals surface area contributed by atoms with Crippen molar-refractivity contribution in [2.45, 2.75) is 92.3 Å². The number of fused-ring (bicyclic) bond motifs is 8. The van der Waals surface area contributed by atoms with Crippen LogP contribution in [0.2, 0.25) is 0 Å². The Bertz CT molecular complexity index is 2560. The zero-order chi connectivity index (χ0) is 37.6. The fourth-order valence-corrected chi connectivity index (χ4v) is 14.9. The largest absolute Gasteiger partial charge is 0.310 e. The molecule has 6 atom stereocenters. The molecule has 12 rings (SSSR count). The molecule has 1 aliphatic heterocycles. The van der Waals surface area contributed by atoms with Gasteiger partial charge in [-0.05, 0) is 171 Å². The monoisotopic (exact) mass is 745 g/mol. The van der Waals surface area contributed by atoms with Gasteiger partial charge in [-0.15, -0.1) is 0 Å². The van der Waals surface area contributed by atoms with Gasteiger partial charge in [-0.3, -0.25) is 0 Å². The summed E-state index contributed by atoms with van der Waals surface area (Å²) in [5, 5.41) is 0. The first-order valence-electron chi connectivity index (χ1n) is 21.3. The first kappa shape index (κ1) is 33.6. The summed E-state index contributed by atoms with van der Waals surface area (Å²) in [6.07, 6.45) is 8.26. The minimum Gasteiger partial charge on any atom is -0.310 e. The first-order chi connectivity index (χ1) is 27.2. The third-order valence-electron chi connectivity index (χ3n) is 16.2. The van der Waals surface area contributed by atoms with E-state index in [4.69, 9.17) is 0 Å². The summed E-state index contributed by atoms with van der Waals surface area (Å²) >= 11 is 2.01. The highest BCUT2D eigenvalue weighted by molar-refractivity contribution is 7.99. The van der Waals surface area contributed by atoms with Gasteiger partial charge in [0.1, 0.15) is 0 Å². The van der Waals surface area contributed by atoms with Gasteiger partial charge in [-0.1, -0.05) is 130 Å². The molecule has 6 aliphatic rings. The zero-order valence-corrected chi connectivity index (χ0v) is 34.0. The maximum atomic E-state index is 2.64. The highest BCUT2D eigenvalue weighted by Gasteiger charge is 2.84. The standard InChI is InChI=1S/C54H51NS/c1-51(2)25-26-52(3,4)45-30-38(19-23-43(45)51)37-13-10-14-41(29-37)55(40-20-17-36(18-21-40)35-11-6-5-7-12-35)42-22-24-48-46(32-42)54(44-15-8-9-16-47(44)56-48)49-28-34-27-39-31-50(54)53(39,49)33-34/h5-24,29-30,32,34,39,49-50H,25-28,31,33H2,1-4H3. The Balaban J connectivity index is 1.01. The molecule has 5 aliphatic carbocycles. The highest BCUT2D eigenvalue weighted by Crippen LogP contribution is 2.89. The highest BCUT2D eigenvalue weighted by atomic mass is 32.2. The summed E-state index contributed by atoms with van der Waals surface area (Å²) in [6, 6.07) is 53.8. The van der Waals surface area contributed by atoms with E-state index in [1.54, 1.807) is 11.1 Å². The van der Waals surface area contributed by atoms with Crippen LogP contribution < -0.4 is 4.90 Å². The van der Waals surface area contributed by atoms with E-state index in [0.29, 0.717) is 5.41 Å². The van der Waals surface area contributed by atoms with Gasteiger partial charge in [0.2, 0.25) is 0 Å². The van der Waals surface area contributed by atoms with E-state index in [2.05, 4.69) is 172 Å². The molecule has 6 aromatic carbocycles. The van der Waals surface area contributed by atoms with Crippen molar-refractivity contribution in [1.82, 2.24) is 0 Å². The predicted molar refractivity (Wildman–Crippen MR) is 233 cm³/mol. The van der Waals surface area contributed by atoms with Gasteiger partial charge in [0.15, 0.2) is 0 Å².